The second kappa shape index (κ2) is 19.6. The van der Waals surface area contributed by atoms with Gasteiger partial charge in [-0.25, -0.2) is 0 Å². The molecule has 308 valence electrons. The van der Waals surface area contributed by atoms with Crippen LogP contribution in [-0.4, -0.2) is 77.8 Å². The Morgan fingerprint density at radius 1 is 0.661 bits per heavy atom. The monoisotopic (exact) mass is 840 g/mol. The summed E-state index contributed by atoms with van der Waals surface area (Å²) in [5.74, 6) is 0.256. The van der Waals surface area contributed by atoms with Crippen molar-refractivity contribution in [1.29, 1.82) is 0 Å². The van der Waals surface area contributed by atoms with Gasteiger partial charge in [-0.1, -0.05) is 66.7 Å². The number of carbonyl (C=O) groups is 2. The second-order valence-corrected chi connectivity index (χ2v) is 16.6. The highest BCUT2D eigenvalue weighted by Gasteiger charge is 2.40. The van der Waals surface area contributed by atoms with Crippen LogP contribution in [0, 0.1) is 0 Å². The first kappa shape index (κ1) is 42.6. The first-order valence-corrected chi connectivity index (χ1v) is 21.9. The fraction of sp³-hybridized carbons (Fsp3) is 0.227. The van der Waals surface area contributed by atoms with Crippen molar-refractivity contribution in [3.05, 3.63) is 144 Å². The van der Waals surface area contributed by atoms with E-state index in [1.54, 1.807) is 86.6 Å². The summed E-state index contributed by atoms with van der Waals surface area (Å²) in [6.07, 6.45) is 0.235. The predicted molar refractivity (Wildman–Crippen MR) is 224 cm³/mol. The van der Waals surface area contributed by atoms with E-state index in [1.165, 1.54) is 11.0 Å². The van der Waals surface area contributed by atoms with Crippen molar-refractivity contribution in [3.63, 3.8) is 0 Å². The summed E-state index contributed by atoms with van der Waals surface area (Å²) >= 11 is 0. The van der Waals surface area contributed by atoms with Gasteiger partial charge in [0.1, 0.15) is 23.0 Å². The molecule has 0 saturated carbocycles. The molecule has 0 aliphatic carbocycles. The molecule has 2 amide bonds. The number of carbonyl (C=O) groups excluding carboxylic acids is 2. The lowest BCUT2D eigenvalue weighted by atomic mass is 10.1. The van der Waals surface area contributed by atoms with E-state index in [2.05, 4.69) is 5.32 Å². The van der Waals surface area contributed by atoms with E-state index < -0.39 is 44.3 Å². The molecule has 1 aliphatic rings. The quantitative estimate of drug-likeness (QED) is 0.0753. The number of likely N-dealkylation sites (tertiary alicyclic amines) is 1. The third kappa shape index (κ3) is 12.5. The maximum atomic E-state index is 13.5. The lowest BCUT2D eigenvalue weighted by Crippen LogP contribution is -2.39. The van der Waals surface area contributed by atoms with Crippen molar-refractivity contribution in [2.24, 2.45) is 0 Å². The van der Waals surface area contributed by atoms with Gasteiger partial charge in [0.15, 0.2) is 12.2 Å². The number of ether oxygens (including phenoxy) is 3. The Balaban J connectivity index is 1.10. The van der Waals surface area contributed by atoms with E-state index in [0.29, 0.717) is 34.2 Å². The lowest BCUT2D eigenvalue weighted by molar-refractivity contribution is -0.142. The SMILES string of the molecule is CCOS(=O)(=O)/C=C/c1ccc(O[C@@H]2CN(C(=O)C(=O)Nc3ccc(Oc4ccc(-c5ccccc5)cc4)cc3)C[C@H]2Oc2ccc(CCS(=O)(=O)OCC)cc2)cc1. The maximum Gasteiger partial charge on any atom is 0.313 e. The average molecular weight is 841 g/mol. The number of aryl methyl sites for hydroxylation is 1. The minimum absolute atomic E-state index is 0.0168. The van der Waals surface area contributed by atoms with E-state index in [-0.39, 0.29) is 38.5 Å². The Kier molecular flexibility index (Phi) is 14.2. The Morgan fingerprint density at radius 3 is 1.76 bits per heavy atom. The second-order valence-electron chi connectivity index (χ2n) is 13.3. The van der Waals surface area contributed by atoms with Crippen LogP contribution >= 0.6 is 0 Å². The Bertz CT molecular complexity index is 2420. The third-order valence-corrected chi connectivity index (χ3v) is 11.4. The minimum atomic E-state index is -3.81. The van der Waals surface area contributed by atoms with Crippen molar-refractivity contribution in [2.45, 2.75) is 32.5 Å². The van der Waals surface area contributed by atoms with E-state index >= 15 is 0 Å². The Hall–Kier alpha value is -6.00. The van der Waals surface area contributed by atoms with Crippen LogP contribution in [0.3, 0.4) is 0 Å². The fourth-order valence-corrected chi connectivity index (χ4v) is 7.83. The van der Waals surface area contributed by atoms with Crippen LogP contribution in [0.2, 0.25) is 0 Å². The van der Waals surface area contributed by atoms with Gasteiger partial charge in [0.05, 0.1) is 37.5 Å². The topological polar surface area (TPSA) is 164 Å². The molecule has 1 aliphatic heterocycles. The normalized spacial score (nSPS) is 15.5. The number of benzene rings is 5. The molecule has 2 atom stereocenters. The molecular formula is C44H44N2O11S2. The van der Waals surface area contributed by atoms with Crippen LogP contribution in [-0.2, 0) is 44.6 Å². The zero-order valence-electron chi connectivity index (χ0n) is 32.4. The molecule has 6 rings (SSSR count). The molecule has 0 bridgehead atoms. The van der Waals surface area contributed by atoms with E-state index in [9.17, 15) is 26.4 Å². The number of amides is 2. The lowest BCUT2D eigenvalue weighted by Gasteiger charge is -2.21. The third-order valence-electron chi connectivity index (χ3n) is 9.03. The van der Waals surface area contributed by atoms with Crippen molar-refractivity contribution in [3.8, 4) is 34.1 Å². The highest BCUT2D eigenvalue weighted by Crippen LogP contribution is 2.28. The number of nitrogens with one attached hydrogen (secondary N) is 1. The maximum absolute atomic E-state index is 13.5. The summed E-state index contributed by atoms with van der Waals surface area (Å²) in [6, 6.07) is 37.9. The van der Waals surface area contributed by atoms with Gasteiger partial charge in [-0.15, -0.1) is 0 Å². The van der Waals surface area contributed by atoms with Gasteiger partial charge >= 0.3 is 11.8 Å². The van der Waals surface area contributed by atoms with Crippen molar-refractivity contribution in [2.75, 3.05) is 37.4 Å². The standard InChI is InChI=1S/C44H44N2O11S2/c1-3-53-58(49,50)28-26-32-10-18-39(19-11-32)56-41-30-46(31-42(41)57-40-20-12-33(13-21-40)27-29-59(51,52)54-4-2)44(48)43(47)45-36-16-24-38(25-17-36)55-37-22-14-35(15-23-37)34-8-6-5-7-9-34/h5-26,28,41-42H,3-4,27,29-31H2,1-2H3,(H,45,47)/b28-26+/t41-,42-/m1/s1. The molecule has 13 nitrogen and oxygen atoms in total. The van der Waals surface area contributed by atoms with Gasteiger partial charge in [-0.05, 0) is 109 Å². The summed E-state index contributed by atoms with van der Waals surface area (Å²) in [5.41, 5.74) is 3.90. The van der Waals surface area contributed by atoms with Gasteiger partial charge in [0.2, 0.25) is 0 Å². The Labute approximate surface area is 344 Å². The van der Waals surface area contributed by atoms with Crippen LogP contribution in [0.1, 0.15) is 25.0 Å². The molecule has 1 fully saturated rings. The smallest absolute Gasteiger partial charge is 0.313 e. The van der Waals surface area contributed by atoms with E-state index in [0.717, 1.165) is 22.1 Å². The zero-order valence-corrected chi connectivity index (χ0v) is 34.1. The summed E-state index contributed by atoms with van der Waals surface area (Å²) in [5, 5.41) is 3.63. The number of rotatable bonds is 17. The fourth-order valence-electron chi connectivity index (χ4n) is 6.14. The Morgan fingerprint density at radius 2 is 1.19 bits per heavy atom. The van der Waals surface area contributed by atoms with E-state index in [4.69, 9.17) is 22.6 Å². The van der Waals surface area contributed by atoms with Crippen LogP contribution in [0.5, 0.6) is 23.0 Å². The molecule has 15 heteroatoms. The molecule has 1 N–H and O–H groups in total. The zero-order chi connectivity index (χ0) is 41.8. The summed E-state index contributed by atoms with van der Waals surface area (Å²) in [6.45, 7) is 3.32. The molecule has 5 aromatic rings. The average Bonchev–Trinajstić information content (AvgIpc) is 3.62. The molecule has 0 unspecified atom stereocenters. The van der Waals surface area contributed by atoms with Gasteiger partial charge in [-0.2, -0.15) is 16.8 Å². The minimum Gasteiger partial charge on any atom is -0.485 e. The molecule has 0 aromatic heterocycles. The summed E-state index contributed by atoms with van der Waals surface area (Å²) in [7, 11) is -7.45. The van der Waals surface area contributed by atoms with Gasteiger partial charge < -0.3 is 24.4 Å². The first-order valence-electron chi connectivity index (χ1n) is 18.9. The highest BCUT2D eigenvalue weighted by atomic mass is 32.2. The summed E-state index contributed by atoms with van der Waals surface area (Å²) in [4.78, 5) is 28.1. The number of hydrogen-bond donors (Lipinski definition) is 1. The first-order chi connectivity index (χ1) is 28.4. The molecule has 59 heavy (non-hydrogen) atoms. The largest absolute Gasteiger partial charge is 0.485 e. The van der Waals surface area contributed by atoms with Crippen molar-refractivity contribution in [1.82, 2.24) is 4.90 Å². The highest BCUT2D eigenvalue weighted by molar-refractivity contribution is 7.89. The molecule has 0 radical (unpaired) electrons. The molecular weight excluding hydrogens is 797 g/mol. The van der Waals surface area contributed by atoms with E-state index in [1.807, 2.05) is 54.6 Å². The van der Waals surface area contributed by atoms with Crippen LogP contribution in [0.25, 0.3) is 17.2 Å². The predicted octanol–water partition coefficient (Wildman–Crippen LogP) is 7.07. The van der Waals surface area contributed by atoms with Crippen LogP contribution < -0.4 is 19.5 Å². The van der Waals surface area contributed by atoms with Crippen LogP contribution in [0.15, 0.2) is 133 Å². The number of nitrogens with zero attached hydrogens (tertiary/aromatic N) is 1. The van der Waals surface area contributed by atoms with Gasteiger partial charge in [-0.3, -0.25) is 18.0 Å². The number of anilines is 1. The van der Waals surface area contributed by atoms with Gasteiger partial charge in [0, 0.05) is 5.69 Å². The molecule has 5 aromatic carbocycles. The van der Waals surface area contributed by atoms with Crippen molar-refractivity contribution < 1.29 is 49.0 Å². The summed E-state index contributed by atoms with van der Waals surface area (Å²) < 4.78 is 75.9. The molecule has 0 spiro atoms. The van der Waals surface area contributed by atoms with Gasteiger partial charge in [0.25, 0.3) is 20.2 Å². The number of hydrogen-bond acceptors (Lipinski definition) is 11. The van der Waals surface area contributed by atoms with Crippen molar-refractivity contribution >= 4 is 43.8 Å². The molecule has 1 saturated heterocycles. The molecule has 1 heterocycles. The van der Waals surface area contributed by atoms with Crippen LogP contribution in [0.4, 0.5) is 5.69 Å².